The quantitative estimate of drug-likeness (QED) is 0.733. The molecule has 1 atom stereocenters. The van der Waals surface area contributed by atoms with Crippen molar-refractivity contribution in [2.24, 2.45) is 0 Å². The number of benzene rings is 1. The van der Waals surface area contributed by atoms with E-state index in [9.17, 15) is 26.4 Å². The van der Waals surface area contributed by atoms with Gasteiger partial charge in [-0.25, -0.2) is 8.42 Å². The van der Waals surface area contributed by atoms with E-state index in [1.54, 1.807) is 0 Å². The van der Waals surface area contributed by atoms with Crippen LogP contribution in [0.3, 0.4) is 0 Å². The Kier molecular flexibility index (Phi) is 7.85. The zero-order chi connectivity index (χ0) is 20.8. The Morgan fingerprint density at radius 3 is 2.46 bits per heavy atom. The van der Waals surface area contributed by atoms with Crippen molar-refractivity contribution in [1.82, 2.24) is 9.62 Å². The summed E-state index contributed by atoms with van der Waals surface area (Å²) >= 11 is 0. The van der Waals surface area contributed by atoms with Crippen LogP contribution in [-0.4, -0.2) is 57.2 Å². The molecular formula is C18H25F3N2O4S. The minimum absolute atomic E-state index is 0.0306. The van der Waals surface area contributed by atoms with Crippen LogP contribution in [-0.2, 0) is 14.8 Å². The fourth-order valence-corrected chi connectivity index (χ4v) is 4.49. The van der Waals surface area contributed by atoms with E-state index in [4.69, 9.17) is 0 Å². The normalized spacial score (nSPS) is 17.7. The number of hydrogen-bond acceptors (Lipinski definition) is 4. The molecule has 1 fully saturated rings. The molecule has 2 rings (SSSR count). The number of nitrogens with one attached hydrogen (secondary N) is 1. The van der Waals surface area contributed by atoms with Gasteiger partial charge in [0.1, 0.15) is 6.61 Å². The number of carbonyl (C=O) groups is 1. The number of sulfonamides is 1. The third-order valence-electron chi connectivity index (χ3n) is 4.31. The Morgan fingerprint density at radius 1 is 1.21 bits per heavy atom. The lowest BCUT2D eigenvalue weighted by Gasteiger charge is -2.20. The molecule has 0 saturated carbocycles. The average molecular weight is 422 g/mol. The van der Waals surface area contributed by atoms with Crippen LogP contribution in [0.4, 0.5) is 13.2 Å². The lowest BCUT2D eigenvalue weighted by Crippen LogP contribution is -2.37. The van der Waals surface area contributed by atoms with Gasteiger partial charge < -0.3 is 10.1 Å². The predicted octanol–water partition coefficient (Wildman–Crippen LogP) is 2.95. The minimum atomic E-state index is -4.43. The Hall–Kier alpha value is -1.65. The molecule has 28 heavy (non-hydrogen) atoms. The van der Waals surface area contributed by atoms with Gasteiger partial charge in [0.05, 0.1) is 11.5 Å². The van der Waals surface area contributed by atoms with E-state index in [0.717, 1.165) is 25.7 Å². The molecule has 1 heterocycles. The van der Waals surface area contributed by atoms with Gasteiger partial charge in [-0.1, -0.05) is 18.9 Å². The standard InChI is InChI=1S/C18H25F3N2O4S/c1-14(12-27-13-18(19,20)21)22-17(24)15-7-6-8-16(11-15)28(25,26)23-9-4-2-3-5-10-23/h6-8,11,14H,2-5,9-10,12-13H2,1H3,(H,22,24). The van der Waals surface area contributed by atoms with Crippen LogP contribution >= 0.6 is 0 Å². The molecule has 10 heteroatoms. The number of hydrogen-bond donors (Lipinski definition) is 1. The molecule has 0 spiro atoms. The van der Waals surface area contributed by atoms with Crippen molar-refractivity contribution in [2.75, 3.05) is 26.3 Å². The van der Waals surface area contributed by atoms with Crippen molar-refractivity contribution in [3.05, 3.63) is 29.8 Å². The molecule has 1 aliphatic rings. The van der Waals surface area contributed by atoms with Crippen molar-refractivity contribution in [1.29, 1.82) is 0 Å². The SMILES string of the molecule is CC(COCC(F)(F)F)NC(=O)c1cccc(S(=O)(=O)N2CCCCCC2)c1. The maximum absolute atomic E-state index is 12.8. The zero-order valence-corrected chi connectivity index (χ0v) is 16.5. The smallest absolute Gasteiger partial charge is 0.370 e. The molecular weight excluding hydrogens is 397 g/mol. The van der Waals surface area contributed by atoms with Crippen LogP contribution in [0.1, 0.15) is 43.0 Å². The molecule has 1 saturated heterocycles. The number of carbonyl (C=O) groups excluding carboxylic acids is 1. The van der Waals surface area contributed by atoms with Crippen LogP contribution < -0.4 is 5.32 Å². The third kappa shape index (κ3) is 6.75. The first-order valence-corrected chi connectivity index (χ1v) is 10.6. The molecule has 158 valence electrons. The molecule has 1 aromatic carbocycles. The molecule has 1 aromatic rings. The van der Waals surface area contributed by atoms with Crippen molar-refractivity contribution >= 4 is 15.9 Å². The van der Waals surface area contributed by atoms with Gasteiger partial charge in [-0.15, -0.1) is 0 Å². The van der Waals surface area contributed by atoms with E-state index in [-0.39, 0.29) is 17.1 Å². The van der Waals surface area contributed by atoms with Gasteiger partial charge in [-0.3, -0.25) is 4.79 Å². The average Bonchev–Trinajstić information content (AvgIpc) is 2.90. The lowest BCUT2D eigenvalue weighted by atomic mass is 10.2. The van der Waals surface area contributed by atoms with Crippen molar-refractivity contribution in [2.45, 2.75) is 49.7 Å². The van der Waals surface area contributed by atoms with Crippen molar-refractivity contribution < 1.29 is 31.1 Å². The van der Waals surface area contributed by atoms with Crippen LogP contribution in [0.15, 0.2) is 29.2 Å². The minimum Gasteiger partial charge on any atom is -0.370 e. The third-order valence-corrected chi connectivity index (χ3v) is 6.20. The van der Waals surface area contributed by atoms with Gasteiger partial charge in [0.2, 0.25) is 10.0 Å². The molecule has 0 aliphatic carbocycles. The first-order chi connectivity index (χ1) is 13.1. The number of ether oxygens (including phenoxy) is 1. The highest BCUT2D eigenvalue weighted by atomic mass is 32.2. The van der Waals surface area contributed by atoms with Crippen molar-refractivity contribution in [3.63, 3.8) is 0 Å². The van der Waals surface area contributed by atoms with Gasteiger partial charge in [0.15, 0.2) is 0 Å². The second-order valence-corrected chi connectivity index (χ2v) is 8.79. The maximum Gasteiger partial charge on any atom is 0.411 e. The first-order valence-electron chi connectivity index (χ1n) is 9.15. The van der Waals surface area contributed by atoms with Crippen LogP contribution in [0.5, 0.6) is 0 Å². The Labute approximate surface area is 163 Å². The van der Waals surface area contributed by atoms with E-state index in [2.05, 4.69) is 10.1 Å². The van der Waals surface area contributed by atoms with Crippen LogP contribution in [0, 0.1) is 0 Å². The molecule has 6 nitrogen and oxygen atoms in total. The van der Waals surface area contributed by atoms with E-state index in [1.165, 1.54) is 35.5 Å². The van der Waals surface area contributed by atoms with E-state index in [0.29, 0.717) is 13.1 Å². The fourth-order valence-electron chi connectivity index (χ4n) is 2.93. The summed E-state index contributed by atoms with van der Waals surface area (Å²) in [4.78, 5) is 12.4. The van der Waals surface area contributed by atoms with Crippen LogP contribution in [0.25, 0.3) is 0 Å². The number of alkyl halides is 3. The molecule has 1 unspecified atom stereocenters. The van der Waals surface area contributed by atoms with Gasteiger partial charge in [-0.2, -0.15) is 17.5 Å². The lowest BCUT2D eigenvalue weighted by molar-refractivity contribution is -0.174. The van der Waals surface area contributed by atoms with Gasteiger partial charge in [0.25, 0.3) is 5.91 Å². The summed E-state index contributed by atoms with van der Waals surface area (Å²) < 4.78 is 67.9. The highest BCUT2D eigenvalue weighted by molar-refractivity contribution is 7.89. The maximum atomic E-state index is 12.8. The number of halogens is 3. The number of nitrogens with zero attached hydrogens (tertiary/aromatic N) is 1. The van der Waals surface area contributed by atoms with E-state index >= 15 is 0 Å². The Balaban J connectivity index is 2.02. The summed E-state index contributed by atoms with van der Waals surface area (Å²) in [5.41, 5.74) is 0.124. The van der Waals surface area contributed by atoms with E-state index < -0.39 is 34.8 Å². The molecule has 0 bridgehead atoms. The first kappa shape index (κ1) is 22.6. The van der Waals surface area contributed by atoms with Crippen molar-refractivity contribution in [3.8, 4) is 0 Å². The second-order valence-electron chi connectivity index (χ2n) is 6.85. The summed E-state index contributed by atoms with van der Waals surface area (Å²) in [6, 6.07) is 5.00. The summed E-state index contributed by atoms with van der Waals surface area (Å²) in [5.74, 6) is -0.573. The highest BCUT2D eigenvalue weighted by Crippen LogP contribution is 2.21. The number of amides is 1. The fraction of sp³-hybridized carbons (Fsp3) is 0.611. The molecule has 1 N–H and O–H groups in total. The van der Waals surface area contributed by atoms with Gasteiger partial charge in [0, 0.05) is 24.7 Å². The molecule has 0 radical (unpaired) electrons. The summed E-state index contributed by atoms with van der Waals surface area (Å²) in [7, 11) is -3.70. The summed E-state index contributed by atoms with van der Waals surface area (Å²) in [6.07, 6.45) is -0.852. The predicted molar refractivity (Wildman–Crippen MR) is 97.5 cm³/mol. The number of rotatable bonds is 7. The monoisotopic (exact) mass is 422 g/mol. The largest absolute Gasteiger partial charge is 0.411 e. The molecule has 1 amide bonds. The summed E-state index contributed by atoms with van der Waals surface area (Å²) in [5, 5.41) is 2.51. The van der Waals surface area contributed by atoms with Gasteiger partial charge >= 0.3 is 6.18 Å². The van der Waals surface area contributed by atoms with Gasteiger partial charge in [-0.05, 0) is 38.0 Å². The molecule has 1 aliphatic heterocycles. The Bertz CT molecular complexity index is 760. The molecule has 0 aromatic heterocycles. The Morgan fingerprint density at radius 2 is 1.86 bits per heavy atom. The zero-order valence-electron chi connectivity index (χ0n) is 15.7. The van der Waals surface area contributed by atoms with Crippen LogP contribution in [0.2, 0.25) is 0 Å². The second kappa shape index (κ2) is 9.71. The summed E-state index contributed by atoms with van der Waals surface area (Å²) in [6.45, 7) is 0.707. The highest BCUT2D eigenvalue weighted by Gasteiger charge is 2.28. The van der Waals surface area contributed by atoms with E-state index in [1.807, 2.05) is 0 Å². The topological polar surface area (TPSA) is 75.7 Å².